The van der Waals surface area contributed by atoms with Gasteiger partial charge in [0.05, 0.1) is 11.2 Å². The van der Waals surface area contributed by atoms with Crippen LogP contribution in [0.3, 0.4) is 0 Å². The van der Waals surface area contributed by atoms with Crippen molar-refractivity contribution in [3.8, 4) is 0 Å². The van der Waals surface area contributed by atoms with E-state index in [0.717, 1.165) is 19.1 Å². The minimum absolute atomic E-state index is 0.0173. The molecular formula is C15H23N3O5S2. The topological polar surface area (TPSA) is 113 Å². The third-order valence-electron chi connectivity index (χ3n) is 4.13. The van der Waals surface area contributed by atoms with Gasteiger partial charge in [0.25, 0.3) is 5.91 Å². The van der Waals surface area contributed by atoms with E-state index in [1.165, 1.54) is 25.2 Å². The van der Waals surface area contributed by atoms with Gasteiger partial charge in [-0.1, -0.05) is 6.07 Å². The minimum atomic E-state index is -3.64. The van der Waals surface area contributed by atoms with E-state index in [1.807, 2.05) is 0 Å². The molecule has 1 aliphatic rings. The predicted octanol–water partition coefficient (Wildman–Crippen LogP) is 0.139. The van der Waals surface area contributed by atoms with Crippen LogP contribution in [-0.4, -0.2) is 60.1 Å². The Kier molecular flexibility index (Phi) is 6.20. The number of hydrogen-bond acceptors (Lipinski definition) is 5. The van der Waals surface area contributed by atoms with Crippen LogP contribution in [0.2, 0.25) is 0 Å². The number of nitrogens with zero attached hydrogens (tertiary/aromatic N) is 1. The highest BCUT2D eigenvalue weighted by Gasteiger charge is 2.28. The molecule has 0 bridgehead atoms. The van der Waals surface area contributed by atoms with Crippen LogP contribution < -0.4 is 9.44 Å². The molecule has 0 aromatic heterocycles. The lowest BCUT2D eigenvalue weighted by Crippen LogP contribution is -2.49. The fourth-order valence-electron chi connectivity index (χ4n) is 2.81. The van der Waals surface area contributed by atoms with Gasteiger partial charge in [0.15, 0.2) is 0 Å². The molecule has 0 aliphatic carbocycles. The number of piperidine rings is 1. The average molecular weight is 389 g/mol. The summed E-state index contributed by atoms with van der Waals surface area (Å²) in [6.45, 7) is 0.664. The molecule has 1 heterocycles. The summed E-state index contributed by atoms with van der Waals surface area (Å²) in [6.07, 6.45) is 3.51. The van der Waals surface area contributed by atoms with Crippen molar-refractivity contribution in [1.29, 1.82) is 0 Å². The van der Waals surface area contributed by atoms with E-state index in [9.17, 15) is 21.6 Å². The Balaban J connectivity index is 2.24. The predicted molar refractivity (Wildman–Crippen MR) is 94.2 cm³/mol. The van der Waals surface area contributed by atoms with E-state index in [-0.39, 0.29) is 29.0 Å². The fourth-order valence-corrected chi connectivity index (χ4v) is 4.08. The summed E-state index contributed by atoms with van der Waals surface area (Å²) in [4.78, 5) is 14.5. The first-order chi connectivity index (χ1) is 11.6. The van der Waals surface area contributed by atoms with Gasteiger partial charge in [-0.25, -0.2) is 26.3 Å². The number of rotatable bonds is 6. The molecule has 1 saturated heterocycles. The summed E-state index contributed by atoms with van der Waals surface area (Å²) in [5, 5.41) is 0. The Hall–Kier alpha value is -1.49. The van der Waals surface area contributed by atoms with Crippen LogP contribution in [0, 0.1) is 0 Å². The Morgan fingerprint density at radius 3 is 2.60 bits per heavy atom. The van der Waals surface area contributed by atoms with Crippen LogP contribution in [0.25, 0.3) is 0 Å². The van der Waals surface area contributed by atoms with Crippen molar-refractivity contribution < 1.29 is 21.6 Å². The number of nitrogens with one attached hydrogen (secondary N) is 2. The molecule has 2 N–H and O–H groups in total. The van der Waals surface area contributed by atoms with Gasteiger partial charge < -0.3 is 4.90 Å². The van der Waals surface area contributed by atoms with Gasteiger partial charge in [0, 0.05) is 24.7 Å². The van der Waals surface area contributed by atoms with Gasteiger partial charge >= 0.3 is 0 Å². The molecule has 8 nitrogen and oxygen atoms in total. The van der Waals surface area contributed by atoms with Crippen molar-refractivity contribution in [2.75, 3.05) is 26.4 Å². The van der Waals surface area contributed by atoms with Crippen LogP contribution in [0.4, 0.5) is 0 Å². The lowest BCUT2D eigenvalue weighted by molar-refractivity contribution is 0.0618. The van der Waals surface area contributed by atoms with Crippen LogP contribution in [-0.2, 0) is 20.0 Å². The number of benzene rings is 1. The van der Waals surface area contributed by atoms with Crippen LogP contribution >= 0.6 is 0 Å². The van der Waals surface area contributed by atoms with Gasteiger partial charge in [-0.3, -0.25) is 4.79 Å². The van der Waals surface area contributed by atoms with Crippen molar-refractivity contribution in [3.05, 3.63) is 29.8 Å². The van der Waals surface area contributed by atoms with E-state index in [0.29, 0.717) is 13.0 Å². The van der Waals surface area contributed by atoms with Crippen molar-refractivity contribution >= 4 is 26.0 Å². The smallest absolute Gasteiger partial charge is 0.254 e. The summed E-state index contributed by atoms with van der Waals surface area (Å²) in [5.74, 6) is -0.298. The van der Waals surface area contributed by atoms with Crippen LogP contribution in [0.5, 0.6) is 0 Å². The summed E-state index contributed by atoms with van der Waals surface area (Å²) < 4.78 is 51.1. The van der Waals surface area contributed by atoms with E-state index in [1.54, 1.807) is 11.0 Å². The lowest BCUT2D eigenvalue weighted by Gasteiger charge is -2.36. The quantitative estimate of drug-likeness (QED) is 0.719. The molecule has 0 spiro atoms. The van der Waals surface area contributed by atoms with Gasteiger partial charge in [-0.2, -0.15) is 0 Å². The second-order valence-corrected chi connectivity index (χ2v) is 9.72. The summed E-state index contributed by atoms with van der Waals surface area (Å²) in [5.41, 5.74) is 0.266. The molecule has 140 valence electrons. The molecule has 1 atom stereocenters. The molecule has 1 aromatic carbocycles. The van der Waals surface area contributed by atoms with Gasteiger partial charge in [0.1, 0.15) is 0 Å². The largest absolute Gasteiger partial charge is 0.334 e. The number of likely N-dealkylation sites (tertiary alicyclic amines) is 1. The number of hydrogen-bond donors (Lipinski definition) is 2. The molecule has 1 aromatic rings. The maximum Gasteiger partial charge on any atom is 0.254 e. The van der Waals surface area contributed by atoms with Crippen molar-refractivity contribution in [1.82, 2.24) is 14.3 Å². The molecule has 25 heavy (non-hydrogen) atoms. The normalized spacial score (nSPS) is 19.0. The summed E-state index contributed by atoms with van der Waals surface area (Å²) in [6, 6.07) is 5.59. The summed E-state index contributed by atoms with van der Waals surface area (Å²) in [7, 11) is -5.68. The molecule has 1 fully saturated rings. The van der Waals surface area contributed by atoms with E-state index < -0.39 is 20.0 Å². The minimum Gasteiger partial charge on any atom is -0.334 e. The highest BCUT2D eigenvalue weighted by atomic mass is 32.2. The van der Waals surface area contributed by atoms with Gasteiger partial charge in [0.2, 0.25) is 20.0 Å². The number of sulfonamides is 2. The first-order valence-electron chi connectivity index (χ1n) is 7.93. The maximum atomic E-state index is 12.8. The molecule has 0 saturated carbocycles. The number of amides is 1. The second-order valence-electron chi connectivity index (χ2n) is 6.00. The zero-order valence-electron chi connectivity index (χ0n) is 14.2. The standard InChI is InChI=1S/C15H23N3O5S2/c1-16-25(22,23)14-8-5-6-12(10-14)15(19)18-9-4-3-7-13(18)11-17-24(2,20)21/h5-6,8,10,13,16-17H,3-4,7,9,11H2,1-2H3/t13-/m0/s1. The van der Waals surface area contributed by atoms with Crippen molar-refractivity contribution in [3.63, 3.8) is 0 Å². The Bertz CT molecular complexity index is 836. The van der Waals surface area contributed by atoms with Crippen LogP contribution in [0.15, 0.2) is 29.2 Å². The van der Waals surface area contributed by atoms with Crippen molar-refractivity contribution in [2.45, 2.75) is 30.2 Å². The van der Waals surface area contributed by atoms with Crippen LogP contribution in [0.1, 0.15) is 29.6 Å². The SMILES string of the molecule is CNS(=O)(=O)c1cccc(C(=O)N2CCCC[C@H]2CNS(C)(=O)=O)c1. The van der Waals surface area contributed by atoms with Gasteiger partial charge in [-0.05, 0) is 44.5 Å². The first-order valence-corrected chi connectivity index (χ1v) is 11.3. The maximum absolute atomic E-state index is 12.8. The molecule has 0 unspecified atom stereocenters. The average Bonchev–Trinajstić information content (AvgIpc) is 2.59. The number of carbonyl (C=O) groups is 1. The molecule has 2 rings (SSSR count). The van der Waals surface area contributed by atoms with Gasteiger partial charge in [-0.15, -0.1) is 0 Å². The highest BCUT2D eigenvalue weighted by Crippen LogP contribution is 2.21. The second kappa shape index (κ2) is 7.81. The fraction of sp³-hybridized carbons (Fsp3) is 0.533. The molecule has 0 radical (unpaired) electrons. The molecule has 1 aliphatic heterocycles. The Labute approximate surface area is 148 Å². The Morgan fingerprint density at radius 2 is 1.96 bits per heavy atom. The zero-order chi connectivity index (χ0) is 18.7. The third-order valence-corrected chi connectivity index (χ3v) is 6.23. The first kappa shape index (κ1) is 19.8. The third kappa shape index (κ3) is 5.24. The van der Waals surface area contributed by atoms with E-state index in [2.05, 4.69) is 9.44 Å². The molecule has 10 heteroatoms. The van der Waals surface area contributed by atoms with E-state index in [4.69, 9.17) is 0 Å². The molecular weight excluding hydrogens is 366 g/mol. The molecule has 1 amide bonds. The van der Waals surface area contributed by atoms with E-state index >= 15 is 0 Å². The Morgan fingerprint density at radius 1 is 1.24 bits per heavy atom. The highest BCUT2D eigenvalue weighted by molar-refractivity contribution is 7.89. The lowest BCUT2D eigenvalue weighted by atomic mass is 10.0. The summed E-state index contributed by atoms with van der Waals surface area (Å²) >= 11 is 0. The zero-order valence-corrected chi connectivity index (χ0v) is 15.9. The number of carbonyl (C=O) groups excluding carboxylic acids is 1. The monoisotopic (exact) mass is 389 g/mol. The van der Waals surface area contributed by atoms with Crippen molar-refractivity contribution in [2.24, 2.45) is 0 Å².